The highest BCUT2D eigenvalue weighted by Gasteiger charge is 2.20. The average molecular weight is 214 g/mol. The molecule has 1 fully saturated rings. The molecule has 15 heavy (non-hydrogen) atoms. The van der Waals surface area contributed by atoms with Crippen LogP contribution in [0.5, 0.6) is 0 Å². The van der Waals surface area contributed by atoms with Gasteiger partial charge >= 0.3 is 0 Å². The fraction of sp³-hybridized carbons (Fsp3) is 1.00. The minimum Gasteiger partial charge on any atom is -0.385 e. The van der Waals surface area contributed by atoms with Crippen molar-refractivity contribution in [2.24, 2.45) is 5.92 Å². The van der Waals surface area contributed by atoms with Crippen molar-refractivity contribution in [3.63, 3.8) is 0 Å². The van der Waals surface area contributed by atoms with Crippen molar-refractivity contribution in [1.82, 2.24) is 10.2 Å². The third-order valence-corrected chi connectivity index (χ3v) is 3.19. The molecule has 1 aliphatic rings. The smallest absolute Gasteiger partial charge is 0.0462 e. The molecule has 3 nitrogen and oxygen atoms in total. The van der Waals surface area contributed by atoms with Gasteiger partial charge in [-0.2, -0.15) is 0 Å². The zero-order chi connectivity index (χ0) is 10.9. The lowest BCUT2D eigenvalue weighted by Gasteiger charge is -2.15. The molecule has 0 radical (unpaired) electrons. The maximum atomic E-state index is 5.04. The third-order valence-electron chi connectivity index (χ3n) is 3.19. The van der Waals surface area contributed by atoms with Crippen LogP contribution in [-0.4, -0.2) is 51.8 Å². The van der Waals surface area contributed by atoms with E-state index < -0.39 is 0 Å². The average Bonchev–Trinajstić information content (AvgIpc) is 2.66. The van der Waals surface area contributed by atoms with E-state index in [2.05, 4.69) is 10.2 Å². The van der Waals surface area contributed by atoms with Crippen LogP contribution >= 0.6 is 0 Å². The van der Waals surface area contributed by atoms with Crippen molar-refractivity contribution in [2.75, 3.05) is 46.9 Å². The Bertz CT molecular complexity index is 153. The van der Waals surface area contributed by atoms with Gasteiger partial charge in [0.25, 0.3) is 0 Å². The molecule has 1 rings (SSSR count). The first-order valence-electron chi connectivity index (χ1n) is 6.22. The summed E-state index contributed by atoms with van der Waals surface area (Å²) in [6.45, 7) is 5.98. The highest BCUT2D eigenvalue weighted by atomic mass is 16.5. The first kappa shape index (κ1) is 12.9. The number of nitrogens with zero attached hydrogens (tertiary/aromatic N) is 1. The number of rotatable bonds is 8. The van der Waals surface area contributed by atoms with Gasteiger partial charge in [-0.05, 0) is 58.3 Å². The van der Waals surface area contributed by atoms with Gasteiger partial charge in [0.2, 0.25) is 0 Å². The highest BCUT2D eigenvalue weighted by Crippen LogP contribution is 2.15. The molecule has 0 aromatic rings. The fourth-order valence-electron chi connectivity index (χ4n) is 2.33. The minimum atomic E-state index is 0.883. The summed E-state index contributed by atoms with van der Waals surface area (Å²) < 4.78 is 5.04. The van der Waals surface area contributed by atoms with E-state index in [1.807, 2.05) is 7.05 Å². The molecule has 0 aromatic heterocycles. The number of hydrogen-bond donors (Lipinski definition) is 1. The fourth-order valence-corrected chi connectivity index (χ4v) is 2.33. The van der Waals surface area contributed by atoms with Gasteiger partial charge in [0.1, 0.15) is 0 Å². The van der Waals surface area contributed by atoms with Crippen LogP contribution in [0.4, 0.5) is 0 Å². The number of hydrogen-bond acceptors (Lipinski definition) is 3. The van der Waals surface area contributed by atoms with E-state index in [1.54, 1.807) is 7.11 Å². The van der Waals surface area contributed by atoms with Gasteiger partial charge in [-0.1, -0.05) is 0 Å². The summed E-state index contributed by atoms with van der Waals surface area (Å²) in [4.78, 5) is 2.61. The molecule has 1 heterocycles. The molecule has 0 aliphatic carbocycles. The second-order valence-corrected chi connectivity index (χ2v) is 4.57. The number of methoxy groups -OCH3 is 1. The van der Waals surface area contributed by atoms with E-state index in [4.69, 9.17) is 4.74 Å². The summed E-state index contributed by atoms with van der Waals surface area (Å²) in [5, 5.41) is 3.27. The molecule has 3 heteroatoms. The van der Waals surface area contributed by atoms with Gasteiger partial charge in [-0.25, -0.2) is 0 Å². The van der Waals surface area contributed by atoms with Gasteiger partial charge in [0.15, 0.2) is 0 Å². The summed E-state index contributed by atoms with van der Waals surface area (Å²) in [6, 6.07) is 0. The quantitative estimate of drug-likeness (QED) is 0.617. The van der Waals surface area contributed by atoms with Crippen molar-refractivity contribution in [1.29, 1.82) is 0 Å². The van der Waals surface area contributed by atoms with Crippen molar-refractivity contribution in [3.8, 4) is 0 Å². The van der Waals surface area contributed by atoms with Gasteiger partial charge in [-0.3, -0.25) is 0 Å². The van der Waals surface area contributed by atoms with Crippen molar-refractivity contribution in [3.05, 3.63) is 0 Å². The third kappa shape index (κ3) is 5.50. The molecular weight excluding hydrogens is 188 g/mol. The molecular formula is C12H26N2O. The first-order chi connectivity index (χ1) is 7.36. The molecule has 1 aliphatic heterocycles. The number of unbranched alkanes of at least 4 members (excludes halogenated alkanes) is 2. The Kier molecular flexibility index (Phi) is 6.98. The van der Waals surface area contributed by atoms with Crippen LogP contribution in [0.15, 0.2) is 0 Å². The van der Waals surface area contributed by atoms with E-state index in [9.17, 15) is 0 Å². The van der Waals surface area contributed by atoms with Crippen LogP contribution in [0.3, 0.4) is 0 Å². The van der Waals surface area contributed by atoms with Gasteiger partial charge in [0.05, 0.1) is 0 Å². The second kappa shape index (κ2) is 8.08. The highest BCUT2D eigenvalue weighted by molar-refractivity contribution is 4.76. The maximum absolute atomic E-state index is 5.04. The van der Waals surface area contributed by atoms with Crippen molar-refractivity contribution < 1.29 is 4.74 Å². The second-order valence-electron chi connectivity index (χ2n) is 4.57. The molecule has 0 amide bonds. The normalized spacial score (nSPS) is 22.4. The maximum Gasteiger partial charge on any atom is 0.0462 e. The summed E-state index contributed by atoms with van der Waals surface area (Å²) in [7, 11) is 3.83. The molecule has 1 N–H and O–H groups in total. The molecule has 0 spiro atoms. The lowest BCUT2D eigenvalue weighted by atomic mass is 10.1. The first-order valence-corrected chi connectivity index (χ1v) is 6.22. The molecule has 90 valence electrons. The molecule has 0 aromatic carbocycles. The Morgan fingerprint density at radius 2 is 2.20 bits per heavy atom. The van der Waals surface area contributed by atoms with E-state index in [1.165, 1.54) is 51.9 Å². The zero-order valence-corrected chi connectivity index (χ0v) is 10.3. The number of ether oxygens (including phenoxy) is 1. The molecule has 0 saturated carbocycles. The Labute approximate surface area is 94.2 Å². The van der Waals surface area contributed by atoms with E-state index in [0.717, 1.165) is 12.5 Å². The van der Waals surface area contributed by atoms with E-state index in [-0.39, 0.29) is 0 Å². The van der Waals surface area contributed by atoms with Crippen molar-refractivity contribution >= 4 is 0 Å². The van der Waals surface area contributed by atoms with Crippen LogP contribution in [-0.2, 0) is 4.74 Å². The largest absolute Gasteiger partial charge is 0.385 e. The lowest BCUT2D eigenvalue weighted by Crippen LogP contribution is -2.25. The molecule has 0 bridgehead atoms. The predicted octanol–water partition coefficient (Wildman–Crippen LogP) is 1.34. The monoisotopic (exact) mass is 214 g/mol. The molecule has 1 unspecified atom stereocenters. The lowest BCUT2D eigenvalue weighted by molar-refractivity contribution is 0.190. The summed E-state index contributed by atoms with van der Waals surface area (Å²) in [5.41, 5.74) is 0. The van der Waals surface area contributed by atoms with Crippen LogP contribution in [0.2, 0.25) is 0 Å². The van der Waals surface area contributed by atoms with Crippen LogP contribution in [0, 0.1) is 5.92 Å². The van der Waals surface area contributed by atoms with Gasteiger partial charge < -0.3 is 15.0 Å². The topological polar surface area (TPSA) is 24.5 Å². The van der Waals surface area contributed by atoms with Crippen LogP contribution in [0.25, 0.3) is 0 Å². The van der Waals surface area contributed by atoms with Gasteiger partial charge in [-0.15, -0.1) is 0 Å². The van der Waals surface area contributed by atoms with E-state index in [0.29, 0.717) is 0 Å². The summed E-state index contributed by atoms with van der Waals surface area (Å²) in [6.07, 6.45) is 5.22. The Morgan fingerprint density at radius 3 is 2.93 bits per heavy atom. The van der Waals surface area contributed by atoms with Gasteiger partial charge in [0, 0.05) is 20.3 Å². The summed E-state index contributed by atoms with van der Waals surface area (Å²) >= 11 is 0. The zero-order valence-electron chi connectivity index (χ0n) is 10.3. The Morgan fingerprint density at radius 1 is 1.33 bits per heavy atom. The molecule has 1 saturated heterocycles. The predicted molar refractivity (Wildman–Crippen MR) is 64.2 cm³/mol. The minimum absolute atomic E-state index is 0.883. The standard InChI is InChI=1S/C12H26N2O/c1-13-10-12-6-8-14(11-12)7-4-3-5-9-15-2/h12-13H,3-11H2,1-2H3. The SMILES string of the molecule is CNCC1CCN(CCCCCOC)C1. The Hall–Kier alpha value is -0.120. The summed E-state index contributed by atoms with van der Waals surface area (Å²) in [5.74, 6) is 0.883. The molecule has 1 atom stereocenters. The number of nitrogens with one attached hydrogen (secondary N) is 1. The van der Waals surface area contributed by atoms with Crippen LogP contribution < -0.4 is 5.32 Å². The number of likely N-dealkylation sites (tertiary alicyclic amines) is 1. The Balaban J connectivity index is 1.94. The van der Waals surface area contributed by atoms with Crippen LogP contribution in [0.1, 0.15) is 25.7 Å². The van der Waals surface area contributed by atoms with E-state index >= 15 is 0 Å². The van der Waals surface area contributed by atoms with Crippen molar-refractivity contribution in [2.45, 2.75) is 25.7 Å².